The first-order valence-electron chi connectivity index (χ1n) is 5.78. The third kappa shape index (κ3) is 2.61. The normalized spacial score (nSPS) is 21.6. The molecule has 0 spiro atoms. The van der Waals surface area contributed by atoms with Gasteiger partial charge in [-0.25, -0.2) is 0 Å². The van der Waals surface area contributed by atoms with Gasteiger partial charge in [-0.2, -0.15) is 0 Å². The van der Waals surface area contributed by atoms with E-state index in [9.17, 15) is 9.90 Å². The number of carbonyl (C=O) groups is 1. The van der Waals surface area contributed by atoms with Gasteiger partial charge >= 0.3 is 0 Å². The number of benzene rings is 1. The van der Waals surface area contributed by atoms with Crippen LogP contribution in [0.25, 0.3) is 0 Å². The van der Waals surface area contributed by atoms with Crippen molar-refractivity contribution in [1.29, 1.82) is 0 Å². The molecule has 1 aromatic carbocycles. The highest BCUT2D eigenvalue weighted by atomic mass is 16.3. The van der Waals surface area contributed by atoms with Gasteiger partial charge in [0.05, 0.1) is 6.10 Å². The summed E-state index contributed by atoms with van der Waals surface area (Å²) in [4.78, 5) is 12.8. The van der Waals surface area contributed by atoms with E-state index < -0.39 is 0 Å². The van der Waals surface area contributed by atoms with Crippen molar-refractivity contribution < 1.29 is 9.90 Å². The molecule has 1 unspecified atom stereocenters. The van der Waals surface area contributed by atoms with E-state index in [4.69, 9.17) is 0 Å². The monoisotopic (exact) mass is 219 g/mol. The van der Waals surface area contributed by atoms with Crippen LogP contribution in [0.3, 0.4) is 0 Å². The van der Waals surface area contributed by atoms with E-state index in [2.05, 4.69) is 4.90 Å². The zero-order chi connectivity index (χ0) is 11.4. The molecule has 0 aromatic heterocycles. The summed E-state index contributed by atoms with van der Waals surface area (Å²) >= 11 is 0. The molecule has 0 amide bonds. The third-order valence-corrected chi connectivity index (χ3v) is 3.09. The molecule has 1 aliphatic heterocycles. The maximum absolute atomic E-state index is 10.5. The molecule has 1 saturated heterocycles. The largest absolute Gasteiger partial charge is 0.393 e. The molecule has 16 heavy (non-hydrogen) atoms. The highest BCUT2D eigenvalue weighted by molar-refractivity contribution is 5.75. The Hall–Kier alpha value is -1.35. The number of anilines is 1. The Labute approximate surface area is 95.7 Å². The zero-order valence-electron chi connectivity index (χ0n) is 9.30. The summed E-state index contributed by atoms with van der Waals surface area (Å²) in [5.74, 6) is 0. The van der Waals surface area contributed by atoms with Gasteiger partial charge in [-0.15, -0.1) is 0 Å². The summed E-state index contributed by atoms with van der Waals surface area (Å²) in [5, 5.41) is 9.56. The molecular weight excluding hydrogens is 202 g/mol. The van der Waals surface area contributed by atoms with Crippen LogP contribution in [0.2, 0.25) is 0 Å². The lowest BCUT2D eigenvalue weighted by molar-refractivity contribution is 0.112. The van der Waals surface area contributed by atoms with Crippen LogP contribution >= 0.6 is 0 Å². The van der Waals surface area contributed by atoms with Crippen LogP contribution in [-0.2, 0) is 0 Å². The fourth-order valence-electron chi connectivity index (χ4n) is 2.10. The summed E-state index contributed by atoms with van der Waals surface area (Å²) in [6.45, 7) is 1.87. The second kappa shape index (κ2) is 5.12. The molecule has 86 valence electrons. The van der Waals surface area contributed by atoms with Crippen LogP contribution in [0.15, 0.2) is 24.3 Å². The minimum atomic E-state index is -0.153. The number of rotatable bonds is 2. The van der Waals surface area contributed by atoms with Gasteiger partial charge in [0.1, 0.15) is 6.29 Å². The Kier molecular flexibility index (Phi) is 3.57. The van der Waals surface area contributed by atoms with Gasteiger partial charge in [-0.1, -0.05) is 0 Å². The Morgan fingerprint density at radius 2 is 1.94 bits per heavy atom. The fraction of sp³-hybridized carbons (Fsp3) is 0.462. The molecule has 1 heterocycles. The van der Waals surface area contributed by atoms with E-state index in [-0.39, 0.29) is 6.10 Å². The molecule has 1 fully saturated rings. The van der Waals surface area contributed by atoms with Crippen LogP contribution in [0.5, 0.6) is 0 Å². The molecule has 0 bridgehead atoms. The van der Waals surface area contributed by atoms with E-state index in [1.165, 1.54) is 0 Å². The number of hydrogen-bond acceptors (Lipinski definition) is 3. The highest BCUT2D eigenvalue weighted by Crippen LogP contribution is 2.19. The van der Waals surface area contributed by atoms with Gasteiger partial charge in [0.15, 0.2) is 0 Å². The molecule has 0 aliphatic carbocycles. The predicted molar refractivity (Wildman–Crippen MR) is 63.9 cm³/mol. The van der Waals surface area contributed by atoms with Crippen molar-refractivity contribution in [2.45, 2.75) is 25.4 Å². The van der Waals surface area contributed by atoms with Crippen molar-refractivity contribution in [3.8, 4) is 0 Å². The Morgan fingerprint density at radius 1 is 1.19 bits per heavy atom. The average Bonchev–Trinajstić information content (AvgIpc) is 2.54. The van der Waals surface area contributed by atoms with E-state index >= 15 is 0 Å². The fourth-order valence-corrected chi connectivity index (χ4v) is 2.10. The van der Waals surface area contributed by atoms with Crippen molar-refractivity contribution in [3.05, 3.63) is 29.8 Å². The molecule has 1 aromatic rings. The van der Waals surface area contributed by atoms with Gasteiger partial charge < -0.3 is 10.0 Å². The van der Waals surface area contributed by atoms with Crippen LogP contribution in [0.1, 0.15) is 29.6 Å². The quantitative estimate of drug-likeness (QED) is 0.772. The summed E-state index contributed by atoms with van der Waals surface area (Å²) in [7, 11) is 0. The molecular formula is C13H17NO2. The number of carbonyl (C=O) groups excluding carboxylic acids is 1. The SMILES string of the molecule is O=Cc1ccc(N2CCCC(O)CC2)cc1. The van der Waals surface area contributed by atoms with Crippen LogP contribution < -0.4 is 4.90 Å². The van der Waals surface area contributed by atoms with Crippen LogP contribution in [-0.4, -0.2) is 30.6 Å². The van der Waals surface area contributed by atoms with Crippen molar-refractivity contribution in [2.75, 3.05) is 18.0 Å². The minimum Gasteiger partial charge on any atom is -0.393 e. The van der Waals surface area contributed by atoms with Crippen LogP contribution in [0.4, 0.5) is 5.69 Å². The van der Waals surface area contributed by atoms with Crippen molar-refractivity contribution in [3.63, 3.8) is 0 Å². The summed E-state index contributed by atoms with van der Waals surface area (Å²) in [6, 6.07) is 7.62. The van der Waals surface area contributed by atoms with Gasteiger partial charge in [0, 0.05) is 24.3 Å². The number of aliphatic hydroxyl groups excluding tert-OH is 1. The van der Waals surface area contributed by atoms with Crippen molar-refractivity contribution in [1.82, 2.24) is 0 Å². The Bertz CT molecular complexity index is 347. The van der Waals surface area contributed by atoms with E-state index in [1.807, 2.05) is 24.3 Å². The summed E-state index contributed by atoms with van der Waals surface area (Å²) in [6.07, 6.45) is 3.45. The number of hydrogen-bond donors (Lipinski definition) is 1. The lowest BCUT2D eigenvalue weighted by atomic mass is 10.2. The standard InChI is InChI=1S/C13H17NO2/c15-10-11-3-5-12(6-4-11)14-8-1-2-13(16)7-9-14/h3-6,10,13,16H,1-2,7-9H2. The topological polar surface area (TPSA) is 40.5 Å². The molecule has 1 aliphatic rings. The minimum absolute atomic E-state index is 0.153. The average molecular weight is 219 g/mol. The van der Waals surface area contributed by atoms with Gasteiger partial charge in [-0.3, -0.25) is 4.79 Å². The Morgan fingerprint density at radius 3 is 2.62 bits per heavy atom. The van der Waals surface area contributed by atoms with Crippen molar-refractivity contribution in [2.24, 2.45) is 0 Å². The summed E-state index contributed by atoms with van der Waals surface area (Å²) in [5.41, 5.74) is 1.85. The first-order valence-corrected chi connectivity index (χ1v) is 5.78. The van der Waals surface area contributed by atoms with Gasteiger partial charge in [0.25, 0.3) is 0 Å². The maximum atomic E-state index is 10.5. The first kappa shape index (κ1) is 11.1. The van der Waals surface area contributed by atoms with Crippen molar-refractivity contribution >= 4 is 12.0 Å². The molecule has 0 saturated carbocycles. The molecule has 3 heteroatoms. The summed E-state index contributed by atoms with van der Waals surface area (Å²) < 4.78 is 0. The lowest BCUT2D eigenvalue weighted by Crippen LogP contribution is -2.24. The molecule has 3 nitrogen and oxygen atoms in total. The lowest BCUT2D eigenvalue weighted by Gasteiger charge is -2.22. The van der Waals surface area contributed by atoms with E-state index in [0.29, 0.717) is 5.56 Å². The Balaban J connectivity index is 2.07. The van der Waals surface area contributed by atoms with Crippen LogP contribution in [0, 0.1) is 0 Å². The highest BCUT2D eigenvalue weighted by Gasteiger charge is 2.14. The molecule has 1 atom stereocenters. The number of nitrogens with zero attached hydrogens (tertiary/aromatic N) is 1. The number of aldehydes is 1. The molecule has 1 N–H and O–H groups in total. The predicted octanol–water partition coefficient (Wildman–Crippen LogP) is 1.85. The molecule has 2 rings (SSSR count). The first-order chi connectivity index (χ1) is 7.79. The maximum Gasteiger partial charge on any atom is 0.150 e. The second-order valence-electron chi connectivity index (χ2n) is 4.28. The van der Waals surface area contributed by atoms with Gasteiger partial charge in [0.2, 0.25) is 0 Å². The zero-order valence-corrected chi connectivity index (χ0v) is 9.30. The molecule has 0 radical (unpaired) electrons. The third-order valence-electron chi connectivity index (χ3n) is 3.09. The van der Waals surface area contributed by atoms with E-state index in [0.717, 1.165) is 44.3 Å². The number of aliphatic hydroxyl groups is 1. The van der Waals surface area contributed by atoms with Gasteiger partial charge in [-0.05, 0) is 43.5 Å². The second-order valence-corrected chi connectivity index (χ2v) is 4.28. The smallest absolute Gasteiger partial charge is 0.150 e. The van der Waals surface area contributed by atoms with E-state index in [1.54, 1.807) is 0 Å².